The Morgan fingerprint density at radius 2 is 2.04 bits per heavy atom. The molecule has 1 aliphatic rings. The van der Waals surface area contributed by atoms with Crippen LogP contribution in [0.5, 0.6) is 0 Å². The Bertz CT molecular complexity index is 950. The second-order valence-corrected chi connectivity index (χ2v) is 6.21. The highest BCUT2D eigenvalue weighted by molar-refractivity contribution is 5.96. The summed E-state index contributed by atoms with van der Waals surface area (Å²) in [5.74, 6) is -0.295. The number of aryl methyl sites for hydroxylation is 1. The summed E-state index contributed by atoms with van der Waals surface area (Å²) in [7, 11) is 0. The average Bonchev–Trinajstić information content (AvgIpc) is 3.10. The molecule has 0 spiro atoms. The van der Waals surface area contributed by atoms with Gasteiger partial charge >= 0.3 is 5.97 Å². The minimum absolute atomic E-state index is 0.295. The van der Waals surface area contributed by atoms with Gasteiger partial charge in [0.05, 0.1) is 23.4 Å². The van der Waals surface area contributed by atoms with Crippen LogP contribution in [0.3, 0.4) is 0 Å². The van der Waals surface area contributed by atoms with E-state index in [9.17, 15) is 4.79 Å². The van der Waals surface area contributed by atoms with Crippen LogP contribution in [0.1, 0.15) is 35.0 Å². The monoisotopic (exact) mass is 332 g/mol. The summed E-state index contributed by atoms with van der Waals surface area (Å²) in [6, 6.07) is 15.7. The first-order valence-electron chi connectivity index (χ1n) is 8.71. The standard InChI is InChI=1S/C21H20N2O2/c1-2-25-21(24)14-7-5-8-15(13-14)22-20-16-9-3-4-11-18(16)23-19-12-6-10-17(19)20/h3-5,7-9,11,13H,2,6,10,12H2,1H3,(H,22,23). The molecule has 0 saturated carbocycles. The first-order chi connectivity index (χ1) is 12.3. The lowest BCUT2D eigenvalue weighted by Gasteiger charge is -2.15. The summed E-state index contributed by atoms with van der Waals surface area (Å²) in [6.07, 6.45) is 3.20. The van der Waals surface area contributed by atoms with E-state index < -0.39 is 0 Å². The van der Waals surface area contributed by atoms with Gasteiger partial charge in [0.15, 0.2) is 0 Å². The molecule has 1 N–H and O–H groups in total. The molecular weight excluding hydrogens is 312 g/mol. The van der Waals surface area contributed by atoms with Crippen molar-refractivity contribution in [2.45, 2.75) is 26.2 Å². The normalized spacial score (nSPS) is 12.8. The number of ether oxygens (including phenoxy) is 1. The lowest BCUT2D eigenvalue weighted by molar-refractivity contribution is 0.0526. The molecule has 0 saturated heterocycles. The van der Waals surface area contributed by atoms with Crippen LogP contribution in [-0.2, 0) is 17.6 Å². The fourth-order valence-electron chi connectivity index (χ4n) is 3.44. The van der Waals surface area contributed by atoms with Crippen LogP contribution in [0.15, 0.2) is 48.5 Å². The molecule has 4 nitrogen and oxygen atoms in total. The quantitative estimate of drug-likeness (QED) is 0.707. The zero-order chi connectivity index (χ0) is 17.2. The van der Waals surface area contributed by atoms with Gasteiger partial charge in [-0.3, -0.25) is 4.98 Å². The van der Waals surface area contributed by atoms with Crippen molar-refractivity contribution in [3.05, 3.63) is 65.4 Å². The van der Waals surface area contributed by atoms with E-state index >= 15 is 0 Å². The maximum absolute atomic E-state index is 12.0. The Morgan fingerprint density at radius 1 is 1.16 bits per heavy atom. The second-order valence-electron chi connectivity index (χ2n) is 6.21. The number of carbonyl (C=O) groups excluding carboxylic acids is 1. The molecule has 2 aromatic carbocycles. The van der Waals surface area contributed by atoms with Crippen molar-refractivity contribution in [1.29, 1.82) is 0 Å². The average molecular weight is 332 g/mol. The summed E-state index contributed by atoms with van der Waals surface area (Å²) >= 11 is 0. The van der Waals surface area contributed by atoms with Gasteiger partial charge in [-0.2, -0.15) is 0 Å². The third-order valence-corrected chi connectivity index (χ3v) is 4.56. The lowest BCUT2D eigenvalue weighted by Crippen LogP contribution is -2.05. The van der Waals surface area contributed by atoms with Gasteiger partial charge in [0.1, 0.15) is 0 Å². The first kappa shape index (κ1) is 15.6. The predicted molar refractivity (Wildman–Crippen MR) is 99.4 cm³/mol. The van der Waals surface area contributed by atoms with Gasteiger partial charge in [-0.1, -0.05) is 24.3 Å². The maximum Gasteiger partial charge on any atom is 0.338 e. The van der Waals surface area contributed by atoms with Crippen LogP contribution >= 0.6 is 0 Å². The fraction of sp³-hybridized carbons (Fsp3) is 0.238. The number of pyridine rings is 1. The number of para-hydroxylation sites is 1. The molecule has 1 aliphatic carbocycles. The first-order valence-corrected chi connectivity index (χ1v) is 8.71. The molecule has 0 radical (unpaired) electrons. The van der Waals surface area contributed by atoms with E-state index in [1.807, 2.05) is 43.3 Å². The van der Waals surface area contributed by atoms with Crippen LogP contribution in [0, 0.1) is 0 Å². The molecule has 0 atom stereocenters. The number of nitrogens with one attached hydrogen (secondary N) is 1. The number of aromatic nitrogens is 1. The molecule has 0 amide bonds. The van der Waals surface area contributed by atoms with Crippen LogP contribution in [0.2, 0.25) is 0 Å². The highest BCUT2D eigenvalue weighted by Gasteiger charge is 2.19. The van der Waals surface area contributed by atoms with Crippen molar-refractivity contribution >= 4 is 28.2 Å². The van der Waals surface area contributed by atoms with E-state index in [0.717, 1.165) is 41.5 Å². The summed E-state index contributed by atoms with van der Waals surface area (Å²) in [4.78, 5) is 16.8. The van der Waals surface area contributed by atoms with Gasteiger partial charge in [0, 0.05) is 16.8 Å². The summed E-state index contributed by atoms with van der Waals surface area (Å²) in [5.41, 5.74) is 6.03. The Balaban J connectivity index is 1.77. The molecule has 0 unspecified atom stereocenters. The highest BCUT2D eigenvalue weighted by atomic mass is 16.5. The molecule has 1 aromatic heterocycles. The molecule has 25 heavy (non-hydrogen) atoms. The second kappa shape index (κ2) is 6.55. The minimum Gasteiger partial charge on any atom is -0.462 e. The molecule has 0 aliphatic heterocycles. The smallest absolute Gasteiger partial charge is 0.338 e. The van der Waals surface area contributed by atoms with Crippen LogP contribution in [0.25, 0.3) is 10.9 Å². The van der Waals surface area contributed by atoms with Gasteiger partial charge in [-0.25, -0.2) is 4.79 Å². The summed E-state index contributed by atoms with van der Waals surface area (Å²) < 4.78 is 5.10. The fourth-order valence-corrected chi connectivity index (χ4v) is 3.44. The van der Waals surface area contributed by atoms with Crippen LogP contribution in [-0.4, -0.2) is 17.6 Å². The van der Waals surface area contributed by atoms with Crippen molar-refractivity contribution < 1.29 is 9.53 Å². The molecule has 4 heteroatoms. The number of esters is 1. The maximum atomic E-state index is 12.0. The van der Waals surface area contributed by atoms with Gasteiger partial charge in [0.2, 0.25) is 0 Å². The van der Waals surface area contributed by atoms with Crippen LogP contribution < -0.4 is 5.32 Å². The Labute approximate surface area is 146 Å². The molecule has 3 aromatic rings. The van der Waals surface area contributed by atoms with Gasteiger partial charge in [-0.15, -0.1) is 0 Å². The third kappa shape index (κ3) is 2.95. The van der Waals surface area contributed by atoms with E-state index in [0.29, 0.717) is 12.2 Å². The third-order valence-electron chi connectivity index (χ3n) is 4.56. The Hall–Kier alpha value is -2.88. The van der Waals surface area contributed by atoms with Gasteiger partial charge in [-0.05, 0) is 56.0 Å². The highest BCUT2D eigenvalue weighted by Crippen LogP contribution is 2.35. The zero-order valence-electron chi connectivity index (χ0n) is 14.2. The number of carbonyl (C=O) groups is 1. The zero-order valence-corrected chi connectivity index (χ0v) is 14.2. The number of fused-ring (bicyclic) bond motifs is 2. The molecule has 4 rings (SSSR count). The lowest BCUT2D eigenvalue weighted by atomic mass is 10.1. The SMILES string of the molecule is CCOC(=O)c1cccc(Nc2c3c(nc4ccccc24)CCC3)c1. The van der Waals surface area contributed by atoms with E-state index in [1.165, 1.54) is 11.3 Å². The summed E-state index contributed by atoms with van der Waals surface area (Å²) in [6.45, 7) is 2.19. The van der Waals surface area contributed by atoms with Crippen molar-refractivity contribution in [2.24, 2.45) is 0 Å². The Kier molecular flexibility index (Phi) is 4.10. The predicted octanol–water partition coefficient (Wildman–Crippen LogP) is 4.64. The number of nitrogens with zero attached hydrogens (tertiary/aromatic N) is 1. The van der Waals surface area contributed by atoms with Crippen molar-refractivity contribution in [3.63, 3.8) is 0 Å². The molecule has 126 valence electrons. The van der Waals surface area contributed by atoms with Crippen molar-refractivity contribution in [3.8, 4) is 0 Å². The van der Waals surface area contributed by atoms with E-state index in [4.69, 9.17) is 9.72 Å². The minimum atomic E-state index is -0.295. The molecule has 0 fully saturated rings. The van der Waals surface area contributed by atoms with E-state index in [-0.39, 0.29) is 5.97 Å². The molecular formula is C21H20N2O2. The molecule has 1 heterocycles. The molecule has 0 bridgehead atoms. The van der Waals surface area contributed by atoms with Crippen LogP contribution in [0.4, 0.5) is 11.4 Å². The number of hydrogen-bond donors (Lipinski definition) is 1. The number of rotatable bonds is 4. The number of anilines is 2. The topological polar surface area (TPSA) is 51.2 Å². The van der Waals surface area contributed by atoms with Crippen molar-refractivity contribution in [2.75, 3.05) is 11.9 Å². The van der Waals surface area contributed by atoms with Crippen molar-refractivity contribution in [1.82, 2.24) is 4.98 Å². The Morgan fingerprint density at radius 3 is 2.92 bits per heavy atom. The van der Waals surface area contributed by atoms with E-state index in [1.54, 1.807) is 6.07 Å². The summed E-state index contributed by atoms with van der Waals surface area (Å²) in [5, 5.41) is 4.65. The van der Waals surface area contributed by atoms with Gasteiger partial charge < -0.3 is 10.1 Å². The van der Waals surface area contributed by atoms with Gasteiger partial charge in [0.25, 0.3) is 0 Å². The van der Waals surface area contributed by atoms with E-state index in [2.05, 4.69) is 11.4 Å². The number of hydrogen-bond acceptors (Lipinski definition) is 4. The number of benzene rings is 2. The largest absolute Gasteiger partial charge is 0.462 e.